The molecule has 0 atom stereocenters. The average molecular weight is 230 g/mol. The van der Waals surface area contributed by atoms with Crippen LogP contribution in [0.15, 0.2) is 60.9 Å². The van der Waals surface area contributed by atoms with E-state index in [2.05, 4.69) is 46.4 Å². The molecule has 2 nitrogen and oxygen atoms in total. The van der Waals surface area contributed by atoms with Gasteiger partial charge in [0.2, 0.25) is 0 Å². The Balaban J connectivity index is 2.20. The Hall–Kier alpha value is -2.48. The van der Waals surface area contributed by atoms with Crippen molar-refractivity contribution in [2.24, 2.45) is 0 Å². The molecule has 0 radical (unpaired) electrons. The maximum absolute atomic E-state index is 4.40. The summed E-state index contributed by atoms with van der Waals surface area (Å²) < 4.78 is 0. The van der Waals surface area contributed by atoms with Gasteiger partial charge in [0.15, 0.2) is 0 Å². The van der Waals surface area contributed by atoms with Crippen molar-refractivity contribution in [3.63, 3.8) is 0 Å². The SMILES string of the molecule is c1cnc2cc3cc4cccnc4cc3cc2c1. The molecule has 2 aromatic heterocycles. The van der Waals surface area contributed by atoms with E-state index in [1.165, 1.54) is 21.5 Å². The van der Waals surface area contributed by atoms with Crippen molar-refractivity contribution in [1.82, 2.24) is 9.97 Å². The molecule has 0 spiro atoms. The van der Waals surface area contributed by atoms with Gasteiger partial charge >= 0.3 is 0 Å². The molecule has 0 aliphatic heterocycles. The minimum Gasteiger partial charge on any atom is -0.256 e. The minimum absolute atomic E-state index is 1.04. The lowest BCUT2D eigenvalue weighted by atomic mass is 10.0. The van der Waals surface area contributed by atoms with Crippen molar-refractivity contribution in [3.05, 3.63) is 60.9 Å². The average Bonchev–Trinajstić information content (AvgIpc) is 2.42. The zero-order chi connectivity index (χ0) is 11.9. The van der Waals surface area contributed by atoms with Crippen molar-refractivity contribution in [1.29, 1.82) is 0 Å². The zero-order valence-electron chi connectivity index (χ0n) is 9.67. The van der Waals surface area contributed by atoms with Crippen molar-refractivity contribution < 1.29 is 0 Å². The number of benzene rings is 2. The van der Waals surface area contributed by atoms with Gasteiger partial charge in [0.25, 0.3) is 0 Å². The van der Waals surface area contributed by atoms with E-state index in [9.17, 15) is 0 Å². The largest absolute Gasteiger partial charge is 0.256 e. The molecule has 2 heterocycles. The molecule has 0 saturated carbocycles. The van der Waals surface area contributed by atoms with Gasteiger partial charge in [-0.05, 0) is 47.2 Å². The van der Waals surface area contributed by atoms with Crippen molar-refractivity contribution in [2.45, 2.75) is 0 Å². The summed E-state index contributed by atoms with van der Waals surface area (Å²) in [7, 11) is 0. The molecule has 0 aliphatic rings. The first kappa shape index (κ1) is 9.54. The number of pyridine rings is 2. The van der Waals surface area contributed by atoms with Gasteiger partial charge in [0, 0.05) is 23.2 Å². The number of hydrogen-bond donors (Lipinski definition) is 0. The summed E-state index contributed by atoms with van der Waals surface area (Å²) in [5, 5.41) is 4.75. The van der Waals surface area contributed by atoms with Crippen LogP contribution < -0.4 is 0 Å². The highest BCUT2D eigenvalue weighted by Gasteiger charge is 2.01. The predicted molar refractivity (Wildman–Crippen MR) is 74.6 cm³/mol. The molecule has 4 rings (SSSR count). The standard InChI is InChI=1S/C16H10N2/c1-3-11-7-13-10-16-12(4-2-6-18-16)8-14(13)9-15(11)17-5-1/h1-10H. The Bertz CT molecular complexity index is 737. The van der Waals surface area contributed by atoms with Gasteiger partial charge in [0.1, 0.15) is 0 Å². The maximum Gasteiger partial charge on any atom is 0.0708 e. The molecule has 0 bridgehead atoms. The van der Waals surface area contributed by atoms with E-state index < -0.39 is 0 Å². The van der Waals surface area contributed by atoms with Crippen LogP contribution in [0, 0.1) is 0 Å². The second-order valence-corrected chi connectivity index (χ2v) is 4.44. The molecule has 0 N–H and O–H groups in total. The van der Waals surface area contributed by atoms with Crippen molar-refractivity contribution in [3.8, 4) is 0 Å². The summed E-state index contributed by atoms with van der Waals surface area (Å²) in [6, 6.07) is 16.7. The molecule has 2 aromatic carbocycles. The summed E-state index contributed by atoms with van der Waals surface area (Å²) >= 11 is 0. The highest BCUT2D eigenvalue weighted by Crippen LogP contribution is 2.25. The van der Waals surface area contributed by atoms with Gasteiger partial charge in [-0.25, -0.2) is 0 Å². The van der Waals surface area contributed by atoms with Gasteiger partial charge in [-0.15, -0.1) is 0 Å². The third-order valence-corrected chi connectivity index (χ3v) is 3.28. The van der Waals surface area contributed by atoms with Gasteiger partial charge in [0.05, 0.1) is 11.0 Å². The lowest BCUT2D eigenvalue weighted by molar-refractivity contribution is 1.41. The first-order chi connectivity index (χ1) is 8.90. The molecule has 0 amide bonds. The van der Waals surface area contributed by atoms with E-state index in [0.29, 0.717) is 0 Å². The normalized spacial score (nSPS) is 11.3. The third-order valence-electron chi connectivity index (χ3n) is 3.28. The number of rotatable bonds is 0. The Labute approximate surface area is 104 Å². The van der Waals surface area contributed by atoms with Crippen LogP contribution >= 0.6 is 0 Å². The van der Waals surface area contributed by atoms with Crippen molar-refractivity contribution in [2.75, 3.05) is 0 Å². The lowest BCUT2D eigenvalue weighted by Gasteiger charge is -2.03. The van der Waals surface area contributed by atoms with Crippen LogP contribution in [0.25, 0.3) is 32.6 Å². The van der Waals surface area contributed by atoms with E-state index in [4.69, 9.17) is 0 Å². The topological polar surface area (TPSA) is 25.8 Å². The summed E-state index contributed by atoms with van der Waals surface area (Å²) in [6.45, 7) is 0. The van der Waals surface area contributed by atoms with E-state index in [-0.39, 0.29) is 0 Å². The summed E-state index contributed by atoms with van der Waals surface area (Å²) in [6.07, 6.45) is 3.66. The monoisotopic (exact) mass is 230 g/mol. The Morgan fingerprint density at radius 2 is 1.06 bits per heavy atom. The van der Waals surface area contributed by atoms with Crippen LogP contribution in [0.3, 0.4) is 0 Å². The second-order valence-electron chi connectivity index (χ2n) is 4.44. The number of nitrogens with zero attached hydrogens (tertiary/aromatic N) is 2. The molecular formula is C16H10N2. The number of hydrogen-bond acceptors (Lipinski definition) is 2. The highest BCUT2D eigenvalue weighted by atomic mass is 14.6. The van der Waals surface area contributed by atoms with Crippen LogP contribution in [0.5, 0.6) is 0 Å². The lowest BCUT2D eigenvalue weighted by Crippen LogP contribution is -1.82. The van der Waals surface area contributed by atoms with E-state index in [1.807, 2.05) is 24.5 Å². The summed E-state index contributed by atoms with van der Waals surface area (Å²) in [5.41, 5.74) is 2.07. The smallest absolute Gasteiger partial charge is 0.0708 e. The van der Waals surface area contributed by atoms with Gasteiger partial charge in [-0.3, -0.25) is 9.97 Å². The number of aromatic nitrogens is 2. The van der Waals surface area contributed by atoms with E-state index in [0.717, 1.165) is 11.0 Å². The quantitative estimate of drug-likeness (QED) is 0.428. The van der Waals surface area contributed by atoms with Gasteiger partial charge in [-0.2, -0.15) is 0 Å². The highest BCUT2D eigenvalue weighted by molar-refractivity contribution is 6.02. The van der Waals surface area contributed by atoms with Crippen LogP contribution in [0.2, 0.25) is 0 Å². The first-order valence-electron chi connectivity index (χ1n) is 5.93. The van der Waals surface area contributed by atoms with Gasteiger partial charge in [-0.1, -0.05) is 12.1 Å². The summed E-state index contributed by atoms with van der Waals surface area (Å²) in [5.74, 6) is 0. The Kier molecular flexibility index (Phi) is 1.86. The second kappa shape index (κ2) is 3.50. The molecule has 4 aromatic rings. The molecule has 2 heteroatoms. The molecular weight excluding hydrogens is 220 g/mol. The molecule has 0 aliphatic carbocycles. The fraction of sp³-hybridized carbons (Fsp3) is 0. The van der Waals surface area contributed by atoms with E-state index >= 15 is 0 Å². The minimum atomic E-state index is 1.04. The molecule has 18 heavy (non-hydrogen) atoms. The van der Waals surface area contributed by atoms with Crippen molar-refractivity contribution >= 4 is 32.6 Å². The Morgan fingerprint density at radius 3 is 1.56 bits per heavy atom. The predicted octanol–water partition coefficient (Wildman–Crippen LogP) is 3.94. The van der Waals surface area contributed by atoms with Crippen LogP contribution in [0.4, 0.5) is 0 Å². The molecule has 0 fully saturated rings. The molecule has 0 unspecified atom stereocenters. The summed E-state index contributed by atoms with van der Waals surface area (Å²) in [4.78, 5) is 8.79. The Morgan fingerprint density at radius 1 is 0.556 bits per heavy atom. The van der Waals surface area contributed by atoms with Crippen LogP contribution in [-0.4, -0.2) is 9.97 Å². The third kappa shape index (κ3) is 1.36. The fourth-order valence-corrected chi connectivity index (χ4v) is 2.39. The molecule has 84 valence electrons. The fourth-order valence-electron chi connectivity index (χ4n) is 2.39. The number of fused-ring (bicyclic) bond motifs is 3. The maximum atomic E-state index is 4.40. The van der Waals surface area contributed by atoms with Crippen LogP contribution in [-0.2, 0) is 0 Å². The van der Waals surface area contributed by atoms with E-state index in [1.54, 1.807) is 0 Å². The van der Waals surface area contributed by atoms with Crippen LogP contribution in [0.1, 0.15) is 0 Å². The first-order valence-corrected chi connectivity index (χ1v) is 5.93. The van der Waals surface area contributed by atoms with Gasteiger partial charge < -0.3 is 0 Å². The zero-order valence-corrected chi connectivity index (χ0v) is 9.67. The molecule has 0 saturated heterocycles.